The Balaban J connectivity index is 2.43. The zero-order valence-corrected chi connectivity index (χ0v) is 10.8. The molecule has 0 bridgehead atoms. The molecule has 2 unspecified atom stereocenters. The van der Waals surface area contributed by atoms with Crippen molar-refractivity contribution in [2.24, 2.45) is 5.92 Å². The lowest BCUT2D eigenvalue weighted by Crippen LogP contribution is -2.51. The first-order chi connectivity index (χ1) is 7.91. The highest BCUT2D eigenvalue weighted by molar-refractivity contribution is 7.85. The number of urea groups is 1. The van der Waals surface area contributed by atoms with Gasteiger partial charge in [0.2, 0.25) is 0 Å². The van der Waals surface area contributed by atoms with Crippen molar-refractivity contribution in [2.45, 2.75) is 19.9 Å². The summed E-state index contributed by atoms with van der Waals surface area (Å²) in [6.45, 7) is 4.15. The largest absolute Gasteiger partial charge is 0.481 e. The first-order valence-electron chi connectivity index (χ1n) is 5.55. The summed E-state index contributed by atoms with van der Waals surface area (Å²) < 4.78 is 11.1. The number of carbonyl (C=O) groups excluding carboxylic acids is 1. The van der Waals surface area contributed by atoms with Crippen molar-refractivity contribution >= 4 is 22.8 Å². The molecule has 0 aromatic carbocycles. The predicted octanol–water partition coefficient (Wildman–Crippen LogP) is -0.130. The van der Waals surface area contributed by atoms with Gasteiger partial charge in [0.25, 0.3) is 0 Å². The molecule has 0 aromatic rings. The second-order valence-corrected chi connectivity index (χ2v) is 5.90. The van der Waals surface area contributed by atoms with Crippen LogP contribution in [0.3, 0.4) is 0 Å². The molecule has 0 aliphatic carbocycles. The van der Waals surface area contributed by atoms with E-state index in [1.165, 1.54) is 0 Å². The fraction of sp³-hybridized carbons (Fsp3) is 0.800. The summed E-state index contributed by atoms with van der Waals surface area (Å²) in [5, 5.41) is 11.5. The molecule has 2 N–H and O–H groups in total. The Morgan fingerprint density at radius 3 is 2.29 bits per heavy atom. The van der Waals surface area contributed by atoms with Gasteiger partial charge in [0.1, 0.15) is 0 Å². The summed E-state index contributed by atoms with van der Waals surface area (Å²) in [7, 11) is -0.822. The van der Waals surface area contributed by atoms with Crippen LogP contribution in [0, 0.1) is 5.92 Å². The predicted molar refractivity (Wildman–Crippen MR) is 64.2 cm³/mol. The molecule has 17 heavy (non-hydrogen) atoms. The molecule has 1 rings (SSSR count). The molecule has 1 aliphatic rings. The summed E-state index contributed by atoms with van der Waals surface area (Å²) in [5.74, 6) is -0.567. The van der Waals surface area contributed by atoms with Crippen molar-refractivity contribution in [2.75, 3.05) is 24.6 Å². The molecular weight excluding hydrogens is 244 g/mol. The highest BCUT2D eigenvalue weighted by atomic mass is 32.2. The average Bonchev–Trinajstić information content (AvgIpc) is 2.28. The van der Waals surface area contributed by atoms with Gasteiger partial charge in [-0.1, -0.05) is 0 Å². The molecule has 0 spiro atoms. The SMILES string of the molecule is CC(NC(=O)N1CCS(=O)CC1)C(C)C(=O)O. The summed E-state index contributed by atoms with van der Waals surface area (Å²) >= 11 is 0. The molecule has 1 saturated heterocycles. The molecule has 2 atom stereocenters. The van der Waals surface area contributed by atoms with Crippen LogP contribution < -0.4 is 5.32 Å². The quantitative estimate of drug-likeness (QED) is 0.741. The molecule has 0 aromatic heterocycles. The van der Waals surface area contributed by atoms with Crippen LogP contribution >= 0.6 is 0 Å². The first-order valence-corrected chi connectivity index (χ1v) is 7.04. The molecule has 1 fully saturated rings. The van der Waals surface area contributed by atoms with Gasteiger partial charge in [-0.05, 0) is 13.8 Å². The van der Waals surface area contributed by atoms with E-state index >= 15 is 0 Å². The zero-order valence-electron chi connectivity index (χ0n) is 10.0. The lowest BCUT2D eigenvalue weighted by Gasteiger charge is -2.28. The van der Waals surface area contributed by atoms with E-state index in [4.69, 9.17) is 5.11 Å². The van der Waals surface area contributed by atoms with Crippen LogP contribution in [0.2, 0.25) is 0 Å². The molecule has 7 heteroatoms. The van der Waals surface area contributed by atoms with E-state index < -0.39 is 28.7 Å². The second kappa shape index (κ2) is 6.00. The molecule has 0 saturated carbocycles. The summed E-state index contributed by atoms with van der Waals surface area (Å²) in [6.07, 6.45) is 0. The minimum atomic E-state index is -0.933. The number of hydrogen-bond acceptors (Lipinski definition) is 3. The smallest absolute Gasteiger partial charge is 0.317 e. The van der Waals surface area contributed by atoms with Crippen LogP contribution in [-0.4, -0.2) is 56.9 Å². The summed E-state index contributed by atoms with van der Waals surface area (Å²) in [4.78, 5) is 24.1. The van der Waals surface area contributed by atoms with Gasteiger partial charge in [0.15, 0.2) is 0 Å². The highest BCUT2D eigenvalue weighted by Crippen LogP contribution is 2.05. The Labute approximate surface area is 103 Å². The number of nitrogens with zero attached hydrogens (tertiary/aromatic N) is 1. The molecular formula is C10H18N2O4S. The van der Waals surface area contributed by atoms with Crippen molar-refractivity contribution < 1.29 is 18.9 Å². The lowest BCUT2D eigenvalue weighted by molar-refractivity contribution is -0.141. The number of amides is 2. The van der Waals surface area contributed by atoms with Gasteiger partial charge < -0.3 is 15.3 Å². The Bertz CT molecular complexity index is 324. The van der Waals surface area contributed by atoms with E-state index in [0.29, 0.717) is 24.6 Å². The van der Waals surface area contributed by atoms with Crippen LogP contribution in [-0.2, 0) is 15.6 Å². The van der Waals surface area contributed by atoms with Crippen LogP contribution in [0.1, 0.15) is 13.8 Å². The topological polar surface area (TPSA) is 86.7 Å². The summed E-state index contributed by atoms with van der Waals surface area (Å²) in [6, 6.07) is -0.699. The van der Waals surface area contributed by atoms with Gasteiger partial charge in [-0.15, -0.1) is 0 Å². The highest BCUT2D eigenvalue weighted by Gasteiger charge is 2.25. The molecule has 1 heterocycles. The molecule has 0 radical (unpaired) electrons. The third-order valence-electron chi connectivity index (χ3n) is 2.96. The number of rotatable bonds is 3. The number of carboxylic acids is 1. The van der Waals surface area contributed by atoms with Gasteiger partial charge in [-0.3, -0.25) is 9.00 Å². The van der Waals surface area contributed by atoms with Crippen molar-refractivity contribution in [3.8, 4) is 0 Å². The lowest BCUT2D eigenvalue weighted by atomic mass is 10.0. The number of carbonyl (C=O) groups is 2. The van der Waals surface area contributed by atoms with E-state index in [9.17, 15) is 13.8 Å². The fourth-order valence-electron chi connectivity index (χ4n) is 1.47. The van der Waals surface area contributed by atoms with Gasteiger partial charge >= 0.3 is 12.0 Å². The average molecular weight is 262 g/mol. The molecule has 98 valence electrons. The maximum atomic E-state index is 11.8. The third kappa shape index (κ3) is 3.99. The maximum absolute atomic E-state index is 11.8. The molecule has 2 amide bonds. The maximum Gasteiger partial charge on any atom is 0.317 e. The van der Waals surface area contributed by atoms with E-state index in [1.54, 1.807) is 18.7 Å². The van der Waals surface area contributed by atoms with Gasteiger partial charge in [0, 0.05) is 41.4 Å². The second-order valence-electron chi connectivity index (χ2n) is 4.20. The monoisotopic (exact) mass is 262 g/mol. The van der Waals surface area contributed by atoms with Crippen molar-refractivity contribution in [3.05, 3.63) is 0 Å². The number of nitrogens with one attached hydrogen (secondary N) is 1. The van der Waals surface area contributed by atoms with Crippen molar-refractivity contribution in [1.82, 2.24) is 10.2 Å². The minimum absolute atomic E-state index is 0.276. The van der Waals surface area contributed by atoms with Crippen molar-refractivity contribution in [3.63, 3.8) is 0 Å². The van der Waals surface area contributed by atoms with Crippen LogP contribution in [0.15, 0.2) is 0 Å². The van der Waals surface area contributed by atoms with Gasteiger partial charge in [-0.25, -0.2) is 4.79 Å². The Morgan fingerprint density at radius 2 is 1.82 bits per heavy atom. The van der Waals surface area contributed by atoms with E-state index in [1.807, 2.05) is 0 Å². The van der Waals surface area contributed by atoms with Gasteiger partial charge in [0.05, 0.1) is 5.92 Å². The Hall–Kier alpha value is -1.11. The normalized spacial score (nSPS) is 20.7. The van der Waals surface area contributed by atoms with Crippen molar-refractivity contribution in [1.29, 1.82) is 0 Å². The Morgan fingerprint density at radius 1 is 1.29 bits per heavy atom. The molecule has 6 nitrogen and oxygen atoms in total. The third-order valence-corrected chi connectivity index (χ3v) is 4.23. The standard InChI is InChI=1S/C10H18N2O4S/c1-7(9(13)14)8(2)11-10(15)12-3-5-17(16)6-4-12/h7-8H,3-6H2,1-2H3,(H,11,15)(H,13,14). The van der Waals surface area contributed by atoms with Crippen LogP contribution in [0.5, 0.6) is 0 Å². The van der Waals surface area contributed by atoms with Crippen LogP contribution in [0.4, 0.5) is 4.79 Å². The Kier molecular flexibility index (Phi) is 4.92. The van der Waals surface area contributed by atoms with E-state index in [-0.39, 0.29) is 6.03 Å². The number of aliphatic carboxylic acids is 1. The van der Waals surface area contributed by atoms with Crippen LogP contribution in [0.25, 0.3) is 0 Å². The number of hydrogen-bond donors (Lipinski definition) is 2. The zero-order chi connectivity index (χ0) is 13.0. The van der Waals surface area contributed by atoms with Gasteiger partial charge in [-0.2, -0.15) is 0 Å². The van der Waals surface area contributed by atoms with E-state index in [0.717, 1.165) is 0 Å². The molecule has 1 aliphatic heterocycles. The number of carboxylic acid groups (broad SMARTS) is 1. The summed E-state index contributed by atoms with van der Waals surface area (Å²) in [5.41, 5.74) is 0. The minimum Gasteiger partial charge on any atom is -0.481 e. The fourth-order valence-corrected chi connectivity index (χ4v) is 2.52. The first kappa shape index (κ1) is 14.0. The van der Waals surface area contributed by atoms with E-state index in [2.05, 4.69) is 5.32 Å².